The lowest BCUT2D eigenvalue weighted by molar-refractivity contribution is -0.0499. The first-order valence-corrected chi connectivity index (χ1v) is 11.5. The number of halogens is 2. The van der Waals surface area contributed by atoms with Crippen LogP contribution in [0, 0.1) is 10.8 Å². The summed E-state index contributed by atoms with van der Waals surface area (Å²) < 4.78 is 32.3. The van der Waals surface area contributed by atoms with Gasteiger partial charge in [0.25, 0.3) is 5.91 Å². The fraction of sp³-hybridized carbons (Fsp3) is 0.292. The molecule has 194 valence electrons. The number of nitrogens with one attached hydrogen (secondary N) is 4. The second kappa shape index (κ2) is 11.1. The van der Waals surface area contributed by atoms with Crippen LogP contribution in [0.25, 0.3) is 5.65 Å². The minimum Gasteiger partial charge on any atom is -0.434 e. The Balaban J connectivity index is 1.68. The highest BCUT2D eigenvalue weighted by molar-refractivity contribution is 6.16. The van der Waals surface area contributed by atoms with E-state index in [1.807, 2.05) is 7.05 Å². The summed E-state index contributed by atoms with van der Waals surface area (Å²) >= 11 is 0. The number of likely N-dealkylation sites (tertiary alicyclic amines) is 1. The minimum atomic E-state index is -3.17. The van der Waals surface area contributed by atoms with Gasteiger partial charge in [-0.05, 0) is 38.6 Å². The first-order valence-electron chi connectivity index (χ1n) is 11.5. The van der Waals surface area contributed by atoms with Gasteiger partial charge in [-0.25, -0.2) is 9.50 Å². The Morgan fingerprint density at radius 3 is 2.89 bits per heavy atom. The van der Waals surface area contributed by atoms with Gasteiger partial charge in [-0.3, -0.25) is 10.2 Å². The summed E-state index contributed by atoms with van der Waals surface area (Å²) in [6.07, 6.45) is 8.97. The Bertz CT molecular complexity index is 1360. The van der Waals surface area contributed by atoms with E-state index in [0.717, 1.165) is 31.7 Å². The monoisotopic (exact) mass is 511 g/mol. The zero-order valence-electron chi connectivity index (χ0n) is 20.0. The molecular formula is C24H27F2N9O2. The molecule has 0 spiro atoms. The van der Waals surface area contributed by atoms with Crippen LogP contribution in [0.1, 0.15) is 34.3 Å². The number of aromatic nitrogens is 3. The maximum Gasteiger partial charge on any atom is 0.387 e. The summed E-state index contributed by atoms with van der Waals surface area (Å²) in [7, 11) is 2.02. The average molecular weight is 512 g/mol. The van der Waals surface area contributed by atoms with Gasteiger partial charge < -0.3 is 31.4 Å². The number of benzene rings is 1. The minimum absolute atomic E-state index is 0.000694. The number of alkyl halides is 2. The van der Waals surface area contributed by atoms with Gasteiger partial charge in [-0.2, -0.15) is 13.9 Å². The smallest absolute Gasteiger partial charge is 0.387 e. The van der Waals surface area contributed by atoms with E-state index in [2.05, 4.69) is 30.4 Å². The molecule has 1 fully saturated rings. The molecule has 37 heavy (non-hydrogen) atoms. The molecule has 11 nitrogen and oxygen atoms in total. The molecule has 3 aromatic rings. The van der Waals surface area contributed by atoms with Crippen molar-refractivity contribution in [3.63, 3.8) is 0 Å². The second-order valence-electron chi connectivity index (χ2n) is 8.52. The number of carbonyl (C=O) groups is 1. The van der Waals surface area contributed by atoms with Gasteiger partial charge in [0, 0.05) is 60.3 Å². The van der Waals surface area contributed by atoms with Crippen LogP contribution >= 0.6 is 0 Å². The molecule has 0 bridgehead atoms. The quantitative estimate of drug-likeness (QED) is 0.206. The number of hydrogen-bond acceptors (Lipinski definition) is 9. The molecule has 1 atom stereocenters. The summed E-state index contributed by atoms with van der Waals surface area (Å²) in [5.74, 6) is -0.944. The van der Waals surface area contributed by atoms with Crippen LogP contribution in [-0.4, -0.2) is 70.1 Å². The molecular weight excluding hydrogens is 484 g/mol. The number of rotatable bonds is 10. The maximum absolute atomic E-state index is 13.2. The molecule has 1 unspecified atom stereocenters. The molecule has 13 heteroatoms. The summed E-state index contributed by atoms with van der Waals surface area (Å²) in [5.41, 5.74) is 6.18. The highest BCUT2D eigenvalue weighted by atomic mass is 19.3. The molecule has 1 aliphatic heterocycles. The van der Waals surface area contributed by atoms with Gasteiger partial charge in [0.2, 0.25) is 0 Å². The number of ether oxygens (including phenoxy) is 1. The molecule has 1 aromatic carbocycles. The number of allylic oxidation sites excluding steroid dienone is 1. The number of amides is 1. The Kier molecular flexibility index (Phi) is 7.72. The van der Waals surface area contributed by atoms with Crippen LogP contribution in [0.2, 0.25) is 0 Å². The highest BCUT2D eigenvalue weighted by Crippen LogP contribution is 2.28. The van der Waals surface area contributed by atoms with Crippen molar-refractivity contribution in [2.75, 3.05) is 25.9 Å². The van der Waals surface area contributed by atoms with Crippen LogP contribution in [0.5, 0.6) is 5.75 Å². The molecule has 0 radical (unpaired) electrons. The van der Waals surface area contributed by atoms with Crippen molar-refractivity contribution >= 4 is 29.2 Å². The van der Waals surface area contributed by atoms with E-state index in [4.69, 9.17) is 16.6 Å². The first-order chi connectivity index (χ1) is 17.8. The Morgan fingerprint density at radius 2 is 2.19 bits per heavy atom. The third kappa shape index (κ3) is 5.72. The predicted octanol–water partition coefficient (Wildman–Crippen LogP) is 2.23. The van der Waals surface area contributed by atoms with E-state index in [-0.39, 0.29) is 45.6 Å². The number of likely N-dealkylation sites (N-methyl/N-ethyl adjacent to an activating group) is 1. The fourth-order valence-corrected chi connectivity index (χ4v) is 4.15. The molecule has 2 aromatic heterocycles. The fourth-order valence-electron chi connectivity index (χ4n) is 4.15. The van der Waals surface area contributed by atoms with Gasteiger partial charge in [0.1, 0.15) is 11.3 Å². The van der Waals surface area contributed by atoms with Gasteiger partial charge in [0.15, 0.2) is 5.65 Å². The lowest BCUT2D eigenvalue weighted by Crippen LogP contribution is -2.35. The van der Waals surface area contributed by atoms with E-state index >= 15 is 0 Å². The molecule has 0 aliphatic carbocycles. The number of carbonyl (C=O) groups excluding carboxylic acids is 1. The molecule has 0 saturated carbocycles. The predicted molar refractivity (Wildman–Crippen MR) is 134 cm³/mol. The molecule has 1 saturated heterocycles. The van der Waals surface area contributed by atoms with E-state index < -0.39 is 12.5 Å². The van der Waals surface area contributed by atoms with Crippen LogP contribution in [0.4, 0.5) is 14.5 Å². The van der Waals surface area contributed by atoms with E-state index in [9.17, 15) is 13.6 Å². The van der Waals surface area contributed by atoms with Gasteiger partial charge >= 0.3 is 6.61 Å². The molecule has 4 rings (SSSR count). The highest BCUT2D eigenvalue weighted by Gasteiger charge is 2.23. The number of hydrogen-bond donors (Lipinski definition) is 5. The van der Waals surface area contributed by atoms with Crippen LogP contribution in [0.3, 0.4) is 0 Å². The van der Waals surface area contributed by atoms with E-state index in [1.54, 1.807) is 12.3 Å². The van der Waals surface area contributed by atoms with E-state index in [1.165, 1.54) is 29.2 Å². The number of nitrogens with zero attached hydrogens (tertiary/aromatic N) is 4. The van der Waals surface area contributed by atoms with Crippen molar-refractivity contribution < 1.29 is 18.3 Å². The number of nitrogen functional groups attached to an aromatic ring is 1. The Labute approximate surface area is 211 Å². The van der Waals surface area contributed by atoms with Gasteiger partial charge in [-0.1, -0.05) is 0 Å². The van der Waals surface area contributed by atoms with Gasteiger partial charge in [-0.15, -0.1) is 0 Å². The van der Waals surface area contributed by atoms with Crippen molar-refractivity contribution in [2.24, 2.45) is 0 Å². The largest absolute Gasteiger partial charge is 0.434 e. The maximum atomic E-state index is 13.2. The van der Waals surface area contributed by atoms with Crippen molar-refractivity contribution in [1.29, 1.82) is 10.8 Å². The summed E-state index contributed by atoms with van der Waals surface area (Å²) in [6, 6.07) is 4.36. The second-order valence-corrected chi connectivity index (χ2v) is 8.52. The van der Waals surface area contributed by atoms with Crippen molar-refractivity contribution in [1.82, 2.24) is 30.1 Å². The lowest BCUT2D eigenvalue weighted by atomic mass is 10.0. The molecule has 1 aliphatic rings. The Hall–Kier alpha value is -4.39. The molecule has 6 N–H and O–H groups in total. The van der Waals surface area contributed by atoms with E-state index in [0.29, 0.717) is 12.2 Å². The summed E-state index contributed by atoms with van der Waals surface area (Å²) in [5, 5.41) is 26.3. The van der Waals surface area contributed by atoms with Crippen molar-refractivity contribution in [3.05, 3.63) is 65.4 Å². The summed E-state index contributed by atoms with van der Waals surface area (Å²) in [4.78, 5) is 19.6. The average Bonchev–Trinajstić information content (AvgIpc) is 3.49. The third-order valence-electron chi connectivity index (χ3n) is 6.14. The van der Waals surface area contributed by atoms with Crippen molar-refractivity contribution in [3.8, 4) is 5.75 Å². The summed E-state index contributed by atoms with van der Waals surface area (Å²) in [6.45, 7) is -1.64. The van der Waals surface area contributed by atoms with Gasteiger partial charge in [0.05, 0.1) is 17.6 Å². The zero-order chi connectivity index (χ0) is 26.5. The topological polar surface area (TPSA) is 158 Å². The lowest BCUT2D eigenvalue weighted by Gasteiger charge is -2.20. The SMILES string of the molecule is CN1CCCC1CN/C=C(/NC(=O)c1cnn2cccnc12)C(=N)c1cc(C=N)c(N)cc1OC(F)F. The number of nitrogens with two attached hydrogens (primary N) is 1. The zero-order valence-corrected chi connectivity index (χ0v) is 20.0. The molecule has 1 amide bonds. The number of fused-ring (bicyclic) bond motifs is 1. The third-order valence-corrected chi connectivity index (χ3v) is 6.14. The van der Waals surface area contributed by atoms with Crippen LogP contribution in [0.15, 0.2) is 48.7 Å². The van der Waals surface area contributed by atoms with Crippen LogP contribution in [-0.2, 0) is 0 Å². The standard InChI is InChI=1S/C24H27F2N9O2/c1-34-6-2-4-15(34)11-30-13-19(33-23(36)17-12-32-35-7-3-5-31-22(17)35)21(29)16-8-14(10-27)18(28)9-20(16)37-24(25)26/h3,5,7-10,12-13,15,24,27,29-30H,2,4,6,11,28H2,1H3,(H,33,36)/b19-13+,27-10?,29-21?. The molecule has 3 heterocycles. The number of anilines is 1. The van der Waals surface area contributed by atoms with Crippen LogP contribution < -0.4 is 21.1 Å². The first kappa shape index (κ1) is 25.7. The Morgan fingerprint density at radius 1 is 1.38 bits per heavy atom. The normalized spacial score (nSPS) is 16.2. The van der Waals surface area contributed by atoms with Crippen molar-refractivity contribution in [2.45, 2.75) is 25.5 Å².